The van der Waals surface area contributed by atoms with Crippen molar-refractivity contribution in [2.75, 3.05) is 0 Å². The van der Waals surface area contributed by atoms with Crippen molar-refractivity contribution in [1.82, 2.24) is 0 Å². The highest BCUT2D eigenvalue weighted by Crippen LogP contribution is 2.35. The largest absolute Gasteiger partial charge is 0.300 e. The zero-order valence-electron chi connectivity index (χ0n) is 6.75. The summed E-state index contributed by atoms with van der Waals surface area (Å²) in [4.78, 5) is 11.0. The second-order valence-corrected chi connectivity index (χ2v) is 3.71. The molecule has 0 aromatic heterocycles. The van der Waals surface area contributed by atoms with Crippen molar-refractivity contribution < 1.29 is 4.79 Å². The number of hydrogen-bond donors (Lipinski definition) is 0. The maximum Gasteiger partial charge on any atom is 0.133 e. The van der Waals surface area contributed by atoms with Gasteiger partial charge in [-0.15, -0.1) is 0 Å². The first kappa shape index (κ1) is 7.08. The van der Waals surface area contributed by atoms with Gasteiger partial charge in [0.25, 0.3) is 0 Å². The van der Waals surface area contributed by atoms with Gasteiger partial charge < -0.3 is 0 Å². The number of rotatable bonds is 1. The van der Waals surface area contributed by atoms with Crippen molar-refractivity contribution in [3.8, 4) is 0 Å². The van der Waals surface area contributed by atoms with Crippen molar-refractivity contribution in [2.24, 2.45) is 11.8 Å². The van der Waals surface area contributed by atoms with E-state index in [1.165, 1.54) is 12.8 Å². The van der Waals surface area contributed by atoms with E-state index in [1.54, 1.807) is 0 Å². The lowest BCUT2D eigenvalue weighted by Crippen LogP contribution is -2.06. The first-order chi connectivity index (χ1) is 5.36. The van der Waals surface area contributed by atoms with Gasteiger partial charge in [-0.2, -0.15) is 0 Å². The Balaban J connectivity index is 1.95. The molecule has 0 aromatic rings. The van der Waals surface area contributed by atoms with Crippen LogP contribution in [0.4, 0.5) is 0 Å². The van der Waals surface area contributed by atoms with Crippen molar-refractivity contribution >= 4 is 5.78 Å². The number of allylic oxidation sites excluding steroid dienone is 2. The summed E-state index contributed by atoms with van der Waals surface area (Å²) < 4.78 is 0. The first-order valence-electron chi connectivity index (χ1n) is 4.54. The van der Waals surface area contributed by atoms with Gasteiger partial charge in [-0.3, -0.25) is 4.79 Å². The van der Waals surface area contributed by atoms with Crippen LogP contribution in [-0.4, -0.2) is 5.78 Å². The molecule has 11 heavy (non-hydrogen) atoms. The van der Waals surface area contributed by atoms with Gasteiger partial charge in [0.05, 0.1) is 0 Å². The van der Waals surface area contributed by atoms with Crippen LogP contribution in [0.1, 0.15) is 32.1 Å². The SMILES string of the molecule is O=C1CCC(C2C=CCC2)C1. The lowest BCUT2D eigenvalue weighted by atomic mass is 9.91. The van der Waals surface area contributed by atoms with Gasteiger partial charge in [0.15, 0.2) is 0 Å². The average molecular weight is 150 g/mol. The zero-order valence-corrected chi connectivity index (χ0v) is 6.75. The van der Waals surface area contributed by atoms with Crippen LogP contribution < -0.4 is 0 Å². The lowest BCUT2D eigenvalue weighted by molar-refractivity contribution is -0.117. The van der Waals surface area contributed by atoms with E-state index >= 15 is 0 Å². The predicted molar refractivity (Wildman–Crippen MR) is 44.2 cm³/mol. The first-order valence-corrected chi connectivity index (χ1v) is 4.54. The zero-order chi connectivity index (χ0) is 7.68. The van der Waals surface area contributed by atoms with Crippen molar-refractivity contribution in [3.05, 3.63) is 12.2 Å². The minimum atomic E-state index is 0.482. The number of carbonyl (C=O) groups excluding carboxylic acids is 1. The molecule has 0 bridgehead atoms. The molecule has 0 spiro atoms. The molecule has 0 radical (unpaired) electrons. The molecule has 0 N–H and O–H groups in total. The van der Waals surface area contributed by atoms with Crippen LogP contribution in [-0.2, 0) is 4.79 Å². The third-order valence-electron chi connectivity index (χ3n) is 2.94. The fourth-order valence-corrected chi connectivity index (χ4v) is 2.26. The molecule has 2 atom stereocenters. The third-order valence-corrected chi connectivity index (χ3v) is 2.94. The molecule has 1 heteroatoms. The van der Waals surface area contributed by atoms with Crippen LogP contribution >= 0.6 is 0 Å². The van der Waals surface area contributed by atoms with E-state index in [-0.39, 0.29) is 0 Å². The molecule has 1 nitrogen and oxygen atoms in total. The molecule has 0 saturated heterocycles. The molecule has 2 aliphatic carbocycles. The van der Waals surface area contributed by atoms with Crippen LogP contribution in [0.25, 0.3) is 0 Å². The topological polar surface area (TPSA) is 17.1 Å². The Morgan fingerprint density at radius 2 is 2.27 bits per heavy atom. The number of carbonyl (C=O) groups is 1. The highest BCUT2D eigenvalue weighted by atomic mass is 16.1. The predicted octanol–water partition coefficient (Wildman–Crippen LogP) is 2.32. The van der Waals surface area contributed by atoms with Gasteiger partial charge in [0.1, 0.15) is 5.78 Å². The Morgan fingerprint density at radius 1 is 1.36 bits per heavy atom. The maximum atomic E-state index is 11.0. The molecule has 0 heterocycles. The van der Waals surface area contributed by atoms with Gasteiger partial charge in [-0.1, -0.05) is 12.2 Å². The highest BCUT2D eigenvalue weighted by Gasteiger charge is 2.28. The van der Waals surface area contributed by atoms with Crippen LogP contribution in [0.3, 0.4) is 0 Å². The minimum absolute atomic E-state index is 0.482. The van der Waals surface area contributed by atoms with E-state index in [0.717, 1.165) is 25.2 Å². The highest BCUT2D eigenvalue weighted by molar-refractivity contribution is 5.80. The average Bonchev–Trinajstić information content (AvgIpc) is 2.55. The summed E-state index contributed by atoms with van der Waals surface area (Å²) in [5.74, 6) is 1.91. The molecule has 2 rings (SSSR count). The normalized spacial score (nSPS) is 36.9. The van der Waals surface area contributed by atoms with Crippen LogP contribution in [0.15, 0.2) is 12.2 Å². The fourth-order valence-electron chi connectivity index (χ4n) is 2.26. The maximum absolute atomic E-state index is 11.0. The monoisotopic (exact) mass is 150 g/mol. The standard InChI is InChI=1S/C10H14O/c11-10-6-5-9(7-10)8-3-1-2-4-8/h1,3,8-9H,2,4-7H2. The van der Waals surface area contributed by atoms with Gasteiger partial charge >= 0.3 is 0 Å². The summed E-state index contributed by atoms with van der Waals surface area (Å²) in [6.07, 6.45) is 9.93. The summed E-state index contributed by atoms with van der Waals surface area (Å²) in [6.45, 7) is 0. The van der Waals surface area contributed by atoms with Gasteiger partial charge in [-0.25, -0.2) is 0 Å². The molecule has 1 fully saturated rings. The van der Waals surface area contributed by atoms with Gasteiger partial charge in [-0.05, 0) is 31.1 Å². The summed E-state index contributed by atoms with van der Waals surface area (Å²) >= 11 is 0. The molecular weight excluding hydrogens is 136 g/mol. The molecule has 2 aliphatic rings. The van der Waals surface area contributed by atoms with Gasteiger partial charge in [0, 0.05) is 12.8 Å². The lowest BCUT2D eigenvalue weighted by Gasteiger charge is -2.13. The second kappa shape index (κ2) is 2.80. The summed E-state index contributed by atoms with van der Waals surface area (Å²) in [5.41, 5.74) is 0. The fraction of sp³-hybridized carbons (Fsp3) is 0.700. The van der Waals surface area contributed by atoms with E-state index in [2.05, 4.69) is 12.2 Å². The molecule has 0 amide bonds. The number of Topliss-reactive ketones (excluding diaryl/α,β-unsaturated/α-hetero) is 1. The smallest absolute Gasteiger partial charge is 0.133 e. The van der Waals surface area contributed by atoms with E-state index in [9.17, 15) is 4.79 Å². The molecule has 2 unspecified atom stereocenters. The van der Waals surface area contributed by atoms with Crippen LogP contribution in [0.5, 0.6) is 0 Å². The Morgan fingerprint density at radius 3 is 2.82 bits per heavy atom. The van der Waals surface area contributed by atoms with Crippen molar-refractivity contribution in [3.63, 3.8) is 0 Å². The second-order valence-electron chi connectivity index (χ2n) is 3.71. The minimum Gasteiger partial charge on any atom is -0.300 e. The molecule has 60 valence electrons. The Labute approximate surface area is 67.5 Å². The van der Waals surface area contributed by atoms with Crippen molar-refractivity contribution in [2.45, 2.75) is 32.1 Å². The third kappa shape index (κ3) is 1.37. The Kier molecular flexibility index (Phi) is 1.80. The van der Waals surface area contributed by atoms with Gasteiger partial charge in [0.2, 0.25) is 0 Å². The molecule has 0 aliphatic heterocycles. The quantitative estimate of drug-likeness (QED) is 0.524. The Hall–Kier alpha value is -0.590. The van der Waals surface area contributed by atoms with E-state index in [4.69, 9.17) is 0 Å². The molecule has 0 aromatic carbocycles. The van der Waals surface area contributed by atoms with Crippen LogP contribution in [0.2, 0.25) is 0 Å². The number of hydrogen-bond acceptors (Lipinski definition) is 1. The van der Waals surface area contributed by atoms with E-state index in [1.807, 2.05) is 0 Å². The number of ketones is 1. The van der Waals surface area contributed by atoms with E-state index in [0.29, 0.717) is 11.7 Å². The van der Waals surface area contributed by atoms with Crippen molar-refractivity contribution in [1.29, 1.82) is 0 Å². The summed E-state index contributed by atoms with van der Waals surface area (Å²) in [7, 11) is 0. The molecular formula is C10H14O. The van der Waals surface area contributed by atoms with E-state index < -0.39 is 0 Å². The van der Waals surface area contributed by atoms with Crippen LogP contribution in [0, 0.1) is 11.8 Å². The molecule has 1 saturated carbocycles. The Bertz CT molecular complexity index is 193. The summed E-state index contributed by atoms with van der Waals surface area (Å²) in [5, 5.41) is 0. The summed E-state index contributed by atoms with van der Waals surface area (Å²) in [6, 6.07) is 0.